The van der Waals surface area contributed by atoms with E-state index in [9.17, 15) is 8.42 Å². The molecule has 22 heavy (non-hydrogen) atoms. The number of rotatable bonds is 7. The minimum atomic E-state index is -3.59. The number of nitrogens with two attached hydrogens (primary N) is 1. The van der Waals surface area contributed by atoms with Crippen LogP contribution in [0.5, 0.6) is 0 Å². The van der Waals surface area contributed by atoms with Crippen molar-refractivity contribution in [1.29, 1.82) is 0 Å². The molecule has 0 aliphatic heterocycles. The topological polar surface area (TPSA) is 81.4 Å². The lowest BCUT2D eigenvalue weighted by Gasteiger charge is -2.14. The van der Waals surface area contributed by atoms with Crippen molar-refractivity contribution in [2.75, 3.05) is 13.7 Å². The van der Waals surface area contributed by atoms with E-state index in [0.717, 1.165) is 11.1 Å². The van der Waals surface area contributed by atoms with Crippen LogP contribution in [0.4, 0.5) is 0 Å². The van der Waals surface area contributed by atoms with Gasteiger partial charge in [0.25, 0.3) is 0 Å². The molecule has 0 fully saturated rings. The van der Waals surface area contributed by atoms with E-state index in [0.29, 0.717) is 6.61 Å². The van der Waals surface area contributed by atoms with E-state index in [1.54, 1.807) is 25.3 Å². The second-order valence-corrected chi connectivity index (χ2v) is 6.72. The Morgan fingerprint density at radius 1 is 1.14 bits per heavy atom. The zero-order chi connectivity index (χ0) is 16.0. The molecule has 1 unspecified atom stereocenters. The maximum Gasteiger partial charge on any atom is 0.240 e. The second-order valence-electron chi connectivity index (χ2n) is 4.95. The van der Waals surface area contributed by atoms with Gasteiger partial charge < -0.3 is 10.5 Å². The van der Waals surface area contributed by atoms with Crippen molar-refractivity contribution in [3.63, 3.8) is 0 Å². The van der Waals surface area contributed by atoms with E-state index in [-0.39, 0.29) is 11.4 Å². The van der Waals surface area contributed by atoms with Gasteiger partial charge in [0.1, 0.15) is 0 Å². The van der Waals surface area contributed by atoms with Crippen LogP contribution in [0.3, 0.4) is 0 Å². The quantitative estimate of drug-likeness (QED) is 0.815. The lowest BCUT2D eigenvalue weighted by Crippen LogP contribution is -2.32. The largest absolute Gasteiger partial charge is 0.380 e. The van der Waals surface area contributed by atoms with Gasteiger partial charge in [0.15, 0.2) is 0 Å². The summed E-state index contributed by atoms with van der Waals surface area (Å²) in [6.45, 7) is 0.508. The van der Waals surface area contributed by atoms with Gasteiger partial charge in [-0.15, -0.1) is 0 Å². The Balaban J connectivity index is 2.06. The van der Waals surface area contributed by atoms with Crippen LogP contribution in [0.1, 0.15) is 17.2 Å². The van der Waals surface area contributed by atoms with Gasteiger partial charge in [0, 0.05) is 19.7 Å². The van der Waals surface area contributed by atoms with Gasteiger partial charge in [-0.05, 0) is 23.3 Å². The smallest absolute Gasteiger partial charge is 0.240 e. The highest BCUT2D eigenvalue weighted by molar-refractivity contribution is 7.89. The molecule has 0 aromatic heterocycles. The summed E-state index contributed by atoms with van der Waals surface area (Å²) in [5.41, 5.74) is 7.70. The van der Waals surface area contributed by atoms with Gasteiger partial charge in [-0.1, -0.05) is 42.5 Å². The molecule has 6 heteroatoms. The standard InChI is InChI=1S/C16H20N2O3S/c1-21-12-13-6-5-9-15(10-13)22(19,20)18-11-16(17)14-7-3-2-4-8-14/h2-10,16,18H,11-12,17H2,1H3. The first-order valence-corrected chi connectivity index (χ1v) is 8.39. The van der Waals surface area contributed by atoms with Crippen molar-refractivity contribution in [3.8, 4) is 0 Å². The lowest BCUT2D eigenvalue weighted by atomic mass is 10.1. The molecule has 118 valence electrons. The Bertz CT molecular complexity index is 702. The average Bonchev–Trinajstić information content (AvgIpc) is 2.54. The van der Waals surface area contributed by atoms with Crippen molar-refractivity contribution in [2.24, 2.45) is 5.73 Å². The van der Waals surface area contributed by atoms with Crippen LogP contribution in [-0.4, -0.2) is 22.1 Å². The normalized spacial score (nSPS) is 13.0. The van der Waals surface area contributed by atoms with Crippen LogP contribution in [0.15, 0.2) is 59.5 Å². The summed E-state index contributed by atoms with van der Waals surface area (Å²) in [6, 6.07) is 15.7. The minimum absolute atomic E-state index is 0.140. The number of nitrogens with one attached hydrogen (secondary N) is 1. The molecule has 0 radical (unpaired) electrons. The highest BCUT2D eigenvalue weighted by atomic mass is 32.2. The Morgan fingerprint density at radius 3 is 2.55 bits per heavy atom. The summed E-state index contributed by atoms with van der Waals surface area (Å²) >= 11 is 0. The molecule has 0 saturated heterocycles. The zero-order valence-electron chi connectivity index (χ0n) is 12.4. The first-order chi connectivity index (χ1) is 10.5. The molecule has 1 atom stereocenters. The Morgan fingerprint density at radius 2 is 1.86 bits per heavy atom. The molecule has 0 spiro atoms. The Hall–Kier alpha value is -1.73. The number of methoxy groups -OCH3 is 1. The van der Waals surface area contributed by atoms with Crippen LogP contribution in [0.2, 0.25) is 0 Å². The third-order valence-corrected chi connectivity index (χ3v) is 4.66. The van der Waals surface area contributed by atoms with Crippen LogP contribution in [0.25, 0.3) is 0 Å². The Kier molecular flexibility index (Phi) is 5.68. The molecule has 0 bridgehead atoms. The van der Waals surface area contributed by atoms with Crippen LogP contribution < -0.4 is 10.5 Å². The third kappa shape index (κ3) is 4.38. The van der Waals surface area contributed by atoms with Crippen molar-refractivity contribution < 1.29 is 13.2 Å². The number of hydrogen-bond acceptors (Lipinski definition) is 4. The molecule has 2 aromatic carbocycles. The fourth-order valence-corrected chi connectivity index (χ4v) is 3.20. The molecule has 0 aliphatic rings. The summed E-state index contributed by atoms with van der Waals surface area (Å²) in [5, 5.41) is 0. The van der Waals surface area contributed by atoms with Crippen molar-refractivity contribution in [2.45, 2.75) is 17.5 Å². The molecule has 0 amide bonds. The molecular weight excluding hydrogens is 300 g/mol. The van der Waals surface area contributed by atoms with Crippen molar-refractivity contribution in [3.05, 3.63) is 65.7 Å². The molecular formula is C16H20N2O3S. The predicted octanol–water partition coefficient (Wildman–Crippen LogP) is 1.81. The van der Waals surface area contributed by atoms with Gasteiger partial charge in [0.2, 0.25) is 10.0 Å². The summed E-state index contributed by atoms with van der Waals surface area (Å²) < 4.78 is 32.2. The summed E-state index contributed by atoms with van der Waals surface area (Å²) in [7, 11) is -2.02. The van der Waals surface area contributed by atoms with Gasteiger partial charge in [-0.25, -0.2) is 13.1 Å². The van der Waals surface area contributed by atoms with Crippen LogP contribution >= 0.6 is 0 Å². The molecule has 0 aliphatic carbocycles. The van der Waals surface area contributed by atoms with Crippen LogP contribution in [-0.2, 0) is 21.4 Å². The number of hydrogen-bond donors (Lipinski definition) is 2. The van der Waals surface area contributed by atoms with Gasteiger partial charge in [-0.3, -0.25) is 0 Å². The zero-order valence-corrected chi connectivity index (χ0v) is 13.2. The summed E-state index contributed by atoms with van der Waals surface area (Å²) in [6.07, 6.45) is 0. The SMILES string of the molecule is COCc1cccc(S(=O)(=O)NCC(N)c2ccccc2)c1. The number of sulfonamides is 1. The van der Waals surface area contributed by atoms with Crippen molar-refractivity contribution in [1.82, 2.24) is 4.72 Å². The maximum atomic E-state index is 12.3. The lowest BCUT2D eigenvalue weighted by molar-refractivity contribution is 0.184. The third-order valence-electron chi connectivity index (χ3n) is 3.24. The molecule has 3 N–H and O–H groups in total. The summed E-state index contributed by atoms with van der Waals surface area (Å²) in [4.78, 5) is 0.210. The first kappa shape index (κ1) is 16.6. The van der Waals surface area contributed by atoms with Crippen molar-refractivity contribution >= 4 is 10.0 Å². The minimum Gasteiger partial charge on any atom is -0.380 e. The van der Waals surface area contributed by atoms with E-state index in [4.69, 9.17) is 10.5 Å². The van der Waals surface area contributed by atoms with E-state index in [2.05, 4.69) is 4.72 Å². The van der Waals surface area contributed by atoms with E-state index in [1.165, 1.54) is 0 Å². The Labute approximate surface area is 131 Å². The number of ether oxygens (including phenoxy) is 1. The fourth-order valence-electron chi connectivity index (χ4n) is 2.07. The average molecular weight is 320 g/mol. The van der Waals surface area contributed by atoms with E-state index in [1.807, 2.05) is 36.4 Å². The number of benzene rings is 2. The highest BCUT2D eigenvalue weighted by Crippen LogP contribution is 2.14. The monoisotopic (exact) mass is 320 g/mol. The summed E-state index contributed by atoms with van der Waals surface area (Å²) in [5.74, 6) is 0. The van der Waals surface area contributed by atoms with Crippen LogP contribution in [0, 0.1) is 0 Å². The second kappa shape index (κ2) is 7.51. The molecule has 5 nitrogen and oxygen atoms in total. The first-order valence-electron chi connectivity index (χ1n) is 6.91. The molecule has 0 heterocycles. The van der Waals surface area contributed by atoms with E-state index >= 15 is 0 Å². The maximum absolute atomic E-state index is 12.3. The van der Waals surface area contributed by atoms with Gasteiger partial charge in [-0.2, -0.15) is 0 Å². The predicted molar refractivity (Wildman–Crippen MR) is 85.7 cm³/mol. The fraction of sp³-hybridized carbons (Fsp3) is 0.250. The molecule has 0 saturated carbocycles. The van der Waals surface area contributed by atoms with Gasteiger partial charge >= 0.3 is 0 Å². The molecule has 2 rings (SSSR count). The highest BCUT2D eigenvalue weighted by Gasteiger charge is 2.16. The van der Waals surface area contributed by atoms with E-state index < -0.39 is 16.1 Å². The molecule has 2 aromatic rings. The van der Waals surface area contributed by atoms with Gasteiger partial charge in [0.05, 0.1) is 11.5 Å².